The van der Waals surface area contributed by atoms with Gasteiger partial charge in [0.05, 0.1) is 22.7 Å². The lowest BCUT2D eigenvalue weighted by molar-refractivity contribution is -0.383. The summed E-state index contributed by atoms with van der Waals surface area (Å²) in [7, 11) is 0. The van der Waals surface area contributed by atoms with Gasteiger partial charge in [-0.2, -0.15) is 5.10 Å². The van der Waals surface area contributed by atoms with Crippen molar-refractivity contribution in [2.24, 2.45) is 0 Å². The Bertz CT molecular complexity index is 1090. The highest BCUT2D eigenvalue weighted by Gasteiger charge is 2.24. The molecule has 154 valence electrons. The van der Waals surface area contributed by atoms with E-state index in [-0.39, 0.29) is 23.6 Å². The van der Waals surface area contributed by atoms with Crippen molar-refractivity contribution in [1.82, 2.24) is 30.4 Å². The summed E-state index contributed by atoms with van der Waals surface area (Å²) in [6, 6.07) is 5.02. The molecule has 0 radical (unpaired) electrons. The molecule has 3 aromatic heterocycles. The van der Waals surface area contributed by atoms with Crippen molar-refractivity contribution in [2.45, 2.75) is 31.8 Å². The Balaban J connectivity index is 1.51. The largest absolute Gasteiger partial charge is 0.378 e. The van der Waals surface area contributed by atoms with Crippen LogP contribution in [-0.4, -0.2) is 36.7 Å². The SMILES string of the molecule is CC(NC(=O)NC1CC1)c1ccc(-n2cc(-c3ccnc(N)c3[N+](=O)[O-])cn2)nc1. The Labute approximate surface area is 171 Å². The number of hydrogen-bond donors (Lipinski definition) is 3. The van der Waals surface area contributed by atoms with E-state index in [2.05, 4.69) is 25.7 Å². The van der Waals surface area contributed by atoms with Crippen LogP contribution in [0.1, 0.15) is 31.4 Å². The summed E-state index contributed by atoms with van der Waals surface area (Å²) >= 11 is 0. The van der Waals surface area contributed by atoms with E-state index in [1.807, 2.05) is 13.0 Å². The van der Waals surface area contributed by atoms with E-state index >= 15 is 0 Å². The van der Waals surface area contributed by atoms with Crippen LogP contribution in [0.25, 0.3) is 16.9 Å². The van der Waals surface area contributed by atoms with E-state index in [0.717, 1.165) is 18.4 Å². The fourth-order valence-electron chi connectivity index (χ4n) is 3.01. The standard InChI is InChI=1S/C19H20N8O3/c1-11(24-19(28)25-14-3-4-14)12-2-5-16(22-8-12)26-10-13(9-23-26)15-6-7-21-18(20)17(15)27(29)30/h2,5-11,14H,3-4H2,1H3,(H2,20,21)(H2,24,25,28). The molecule has 0 saturated heterocycles. The molecule has 4 rings (SSSR count). The number of rotatable bonds is 6. The molecule has 1 atom stereocenters. The highest BCUT2D eigenvalue weighted by Crippen LogP contribution is 2.33. The van der Waals surface area contributed by atoms with E-state index < -0.39 is 4.92 Å². The van der Waals surface area contributed by atoms with Crippen molar-refractivity contribution < 1.29 is 9.72 Å². The van der Waals surface area contributed by atoms with Gasteiger partial charge in [0.15, 0.2) is 5.82 Å². The normalized spacial score (nSPS) is 14.2. The van der Waals surface area contributed by atoms with Gasteiger partial charge in [0.1, 0.15) is 0 Å². The quantitative estimate of drug-likeness (QED) is 0.418. The summed E-state index contributed by atoms with van der Waals surface area (Å²) in [6.07, 6.45) is 8.26. The van der Waals surface area contributed by atoms with Gasteiger partial charge in [-0.15, -0.1) is 0 Å². The molecule has 0 bridgehead atoms. The first kappa shape index (κ1) is 19.3. The number of pyridine rings is 2. The maximum Gasteiger partial charge on any atom is 0.319 e. The van der Waals surface area contributed by atoms with Crippen LogP contribution in [0.15, 0.2) is 43.0 Å². The number of nitro groups is 1. The summed E-state index contributed by atoms with van der Waals surface area (Å²) in [6.45, 7) is 1.88. The number of nitrogens with zero attached hydrogens (tertiary/aromatic N) is 5. The van der Waals surface area contributed by atoms with Crippen LogP contribution >= 0.6 is 0 Å². The molecule has 1 unspecified atom stereocenters. The van der Waals surface area contributed by atoms with E-state index in [9.17, 15) is 14.9 Å². The first-order valence-corrected chi connectivity index (χ1v) is 9.39. The monoisotopic (exact) mass is 408 g/mol. The maximum atomic E-state index is 11.9. The van der Waals surface area contributed by atoms with Gasteiger partial charge in [-0.3, -0.25) is 10.1 Å². The molecule has 1 fully saturated rings. The number of carbonyl (C=O) groups excluding carboxylic acids is 1. The van der Waals surface area contributed by atoms with Crippen LogP contribution in [0.3, 0.4) is 0 Å². The number of carbonyl (C=O) groups is 1. The minimum absolute atomic E-state index is 0.153. The molecule has 1 aliphatic carbocycles. The number of nitrogens with one attached hydrogen (secondary N) is 2. The first-order chi connectivity index (χ1) is 14.4. The maximum absolute atomic E-state index is 11.9. The summed E-state index contributed by atoms with van der Waals surface area (Å²) in [4.78, 5) is 30.8. The molecule has 1 saturated carbocycles. The lowest BCUT2D eigenvalue weighted by Crippen LogP contribution is -2.38. The summed E-state index contributed by atoms with van der Waals surface area (Å²) in [5, 5.41) is 21.4. The molecule has 11 heteroatoms. The molecule has 11 nitrogen and oxygen atoms in total. The van der Waals surface area contributed by atoms with Crippen molar-refractivity contribution in [1.29, 1.82) is 0 Å². The molecule has 3 aromatic rings. The molecule has 1 aliphatic rings. The van der Waals surface area contributed by atoms with Crippen molar-refractivity contribution >= 4 is 17.5 Å². The average Bonchev–Trinajstić information content (AvgIpc) is 3.39. The van der Waals surface area contributed by atoms with E-state index in [4.69, 9.17) is 5.73 Å². The fraction of sp³-hybridized carbons (Fsp3) is 0.263. The van der Waals surface area contributed by atoms with Gasteiger partial charge < -0.3 is 16.4 Å². The second-order valence-corrected chi connectivity index (χ2v) is 7.09. The van der Waals surface area contributed by atoms with Gasteiger partial charge in [-0.1, -0.05) is 6.07 Å². The predicted octanol–water partition coefficient (Wildman–Crippen LogP) is 2.34. The smallest absolute Gasteiger partial charge is 0.319 e. The number of nitrogens with two attached hydrogens (primary N) is 1. The van der Waals surface area contributed by atoms with Gasteiger partial charge in [0.2, 0.25) is 5.82 Å². The highest BCUT2D eigenvalue weighted by molar-refractivity contribution is 5.78. The molecule has 0 aliphatic heterocycles. The number of urea groups is 1. The van der Waals surface area contributed by atoms with Crippen LogP contribution < -0.4 is 16.4 Å². The zero-order chi connectivity index (χ0) is 21.3. The summed E-state index contributed by atoms with van der Waals surface area (Å²) in [5.41, 5.74) is 7.09. The van der Waals surface area contributed by atoms with Crippen LogP contribution in [0, 0.1) is 10.1 Å². The molecule has 0 spiro atoms. The predicted molar refractivity (Wildman–Crippen MR) is 109 cm³/mol. The highest BCUT2D eigenvalue weighted by atomic mass is 16.6. The topological polar surface area (TPSA) is 154 Å². The lowest BCUT2D eigenvalue weighted by atomic mass is 10.1. The fourth-order valence-corrected chi connectivity index (χ4v) is 3.01. The van der Waals surface area contributed by atoms with Gasteiger partial charge in [0, 0.05) is 30.2 Å². The lowest BCUT2D eigenvalue weighted by Gasteiger charge is -2.15. The number of anilines is 1. The van der Waals surface area contributed by atoms with E-state index in [1.54, 1.807) is 18.5 Å². The van der Waals surface area contributed by atoms with Crippen LogP contribution in [-0.2, 0) is 0 Å². The van der Waals surface area contributed by atoms with Gasteiger partial charge in [0.25, 0.3) is 0 Å². The van der Waals surface area contributed by atoms with Crippen LogP contribution in [0.2, 0.25) is 0 Å². The van der Waals surface area contributed by atoms with Gasteiger partial charge in [-0.05, 0) is 37.5 Å². The molecular weight excluding hydrogens is 388 g/mol. The van der Waals surface area contributed by atoms with E-state index in [0.29, 0.717) is 23.0 Å². The summed E-state index contributed by atoms with van der Waals surface area (Å²) in [5.74, 6) is 0.379. The first-order valence-electron chi connectivity index (χ1n) is 9.39. The Morgan fingerprint density at radius 2 is 2.10 bits per heavy atom. The Morgan fingerprint density at radius 1 is 1.30 bits per heavy atom. The zero-order valence-corrected chi connectivity index (χ0v) is 16.1. The van der Waals surface area contributed by atoms with Crippen LogP contribution in [0.4, 0.5) is 16.3 Å². The number of amides is 2. The third-order valence-corrected chi connectivity index (χ3v) is 4.79. The summed E-state index contributed by atoms with van der Waals surface area (Å²) < 4.78 is 1.51. The minimum Gasteiger partial charge on any atom is -0.378 e. The number of nitrogen functional groups attached to an aromatic ring is 1. The molecule has 30 heavy (non-hydrogen) atoms. The number of aromatic nitrogens is 4. The minimum atomic E-state index is -0.560. The van der Waals surface area contributed by atoms with Crippen LogP contribution in [0.5, 0.6) is 0 Å². The Hall–Kier alpha value is -4.02. The van der Waals surface area contributed by atoms with Crippen molar-refractivity contribution in [3.63, 3.8) is 0 Å². The molecule has 0 aromatic carbocycles. The molecular formula is C19H20N8O3. The van der Waals surface area contributed by atoms with Crippen molar-refractivity contribution in [3.05, 3.63) is 58.7 Å². The Kier molecular flexibility index (Phi) is 5.00. The molecule has 3 heterocycles. The van der Waals surface area contributed by atoms with Crippen molar-refractivity contribution in [3.8, 4) is 16.9 Å². The molecule has 2 amide bonds. The Morgan fingerprint density at radius 3 is 2.77 bits per heavy atom. The third-order valence-electron chi connectivity index (χ3n) is 4.79. The van der Waals surface area contributed by atoms with Gasteiger partial charge in [-0.25, -0.2) is 19.4 Å². The zero-order valence-electron chi connectivity index (χ0n) is 16.1. The third kappa shape index (κ3) is 4.04. The van der Waals surface area contributed by atoms with E-state index in [1.165, 1.54) is 23.1 Å². The molecule has 4 N–H and O–H groups in total. The second kappa shape index (κ2) is 7.78. The number of hydrogen-bond acceptors (Lipinski definition) is 7. The van der Waals surface area contributed by atoms with Crippen molar-refractivity contribution in [2.75, 3.05) is 5.73 Å². The van der Waals surface area contributed by atoms with Gasteiger partial charge >= 0.3 is 11.7 Å². The second-order valence-electron chi connectivity index (χ2n) is 7.09. The average molecular weight is 408 g/mol.